The average molecular weight is 276 g/mol. The van der Waals surface area contributed by atoms with Crippen LogP contribution in [0, 0.1) is 6.92 Å². The van der Waals surface area contributed by atoms with Gasteiger partial charge in [0, 0.05) is 13.1 Å². The molecule has 0 atom stereocenters. The van der Waals surface area contributed by atoms with E-state index in [1.807, 2.05) is 43.1 Å². The Bertz CT molecular complexity index is 502. The van der Waals surface area contributed by atoms with E-state index in [2.05, 4.69) is 0 Å². The summed E-state index contributed by atoms with van der Waals surface area (Å²) in [5.41, 5.74) is 2.09. The second kappa shape index (κ2) is 6.52. The van der Waals surface area contributed by atoms with Crippen LogP contribution >= 0.6 is 0 Å². The molecule has 0 unspecified atom stereocenters. The van der Waals surface area contributed by atoms with Crippen molar-refractivity contribution in [3.8, 4) is 0 Å². The third-order valence-corrected chi connectivity index (χ3v) is 3.31. The minimum atomic E-state index is -0.357. The van der Waals surface area contributed by atoms with E-state index in [9.17, 15) is 9.59 Å². The summed E-state index contributed by atoms with van der Waals surface area (Å²) in [7, 11) is 1.89. The van der Waals surface area contributed by atoms with Gasteiger partial charge < -0.3 is 9.64 Å². The number of piperazine rings is 1. The molecule has 5 nitrogen and oxygen atoms in total. The van der Waals surface area contributed by atoms with Crippen LogP contribution in [0.1, 0.15) is 11.1 Å². The van der Waals surface area contributed by atoms with E-state index in [0.29, 0.717) is 13.1 Å². The summed E-state index contributed by atoms with van der Waals surface area (Å²) in [6, 6.07) is 7.83. The maximum absolute atomic E-state index is 11.8. The van der Waals surface area contributed by atoms with E-state index < -0.39 is 0 Å². The fourth-order valence-corrected chi connectivity index (χ4v) is 2.16. The number of esters is 1. The molecule has 0 bridgehead atoms. The number of aryl methyl sites for hydroxylation is 1. The highest BCUT2D eigenvalue weighted by Crippen LogP contribution is 2.06. The van der Waals surface area contributed by atoms with E-state index in [1.54, 1.807) is 4.90 Å². The van der Waals surface area contributed by atoms with Crippen molar-refractivity contribution in [2.45, 2.75) is 13.5 Å². The molecule has 1 aliphatic heterocycles. The maximum Gasteiger partial charge on any atom is 0.325 e. The van der Waals surface area contributed by atoms with Gasteiger partial charge in [-0.15, -0.1) is 0 Å². The van der Waals surface area contributed by atoms with Crippen LogP contribution in [0.15, 0.2) is 24.3 Å². The van der Waals surface area contributed by atoms with Crippen LogP contribution in [0.4, 0.5) is 0 Å². The largest absolute Gasteiger partial charge is 0.459 e. The van der Waals surface area contributed by atoms with Crippen molar-refractivity contribution in [2.24, 2.45) is 0 Å². The van der Waals surface area contributed by atoms with E-state index in [0.717, 1.165) is 17.7 Å². The Balaban J connectivity index is 1.79. The van der Waals surface area contributed by atoms with E-state index in [4.69, 9.17) is 4.74 Å². The smallest absolute Gasteiger partial charge is 0.325 e. The maximum atomic E-state index is 11.8. The summed E-state index contributed by atoms with van der Waals surface area (Å²) < 4.78 is 5.21. The van der Waals surface area contributed by atoms with Gasteiger partial charge in [-0.25, -0.2) is 0 Å². The van der Waals surface area contributed by atoms with Crippen LogP contribution in [-0.4, -0.2) is 54.9 Å². The number of amides is 1. The molecular formula is C15H20N2O3. The number of likely N-dealkylation sites (N-methyl/N-ethyl adjacent to an activating group) is 1. The number of nitrogens with zero attached hydrogens (tertiary/aromatic N) is 2. The number of ether oxygens (including phenoxy) is 1. The summed E-state index contributed by atoms with van der Waals surface area (Å²) in [5, 5.41) is 0. The number of benzene rings is 1. The van der Waals surface area contributed by atoms with E-state index in [1.165, 1.54) is 0 Å². The predicted molar refractivity (Wildman–Crippen MR) is 75.1 cm³/mol. The molecule has 1 aromatic carbocycles. The van der Waals surface area contributed by atoms with Crippen molar-refractivity contribution in [1.29, 1.82) is 0 Å². The molecule has 1 aromatic rings. The number of hydrogen-bond donors (Lipinski definition) is 0. The molecule has 0 N–H and O–H groups in total. The zero-order chi connectivity index (χ0) is 14.5. The molecule has 0 aliphatic carbocycles. The molecular weight excluding hydrogens is 256 g/mol. The SMILES string of the molecule is Cc1cccc(COC(=O)CN2CCN(C)CC2=O)c1. The molecule has 5 heteroatoms. The van der Waals surface area contributed by atoms with Gasteiger partial charge in [0.15, 0.2) is 0 Å². The predicted octanol–water partition coefficient (Wildman–Crippen LogP) is 0.812. The Morgan fingerprint density at radius 1 is 1.35 bits per heavy atom. The molecule has 0 aromatic heterocycles. The van der Waals surface area contributed by atoms with Gasteiger partial charge in [-0.1, -0.05) is 29.8 Å². The molecule has 1 aliphatic rings. The third-order valence-electron chi connectivity index (χ3n) is 3.31. The second-order valence-corrected chi connectivity index (χ2v) is 5.20. The highest BCUT2D eigenvalue weighted by molar-refractivity contribution is 5.83. The standard InChI is InChI=1S/C15H20N2O3/c1-12-4-3-5-13(8-12)11-20-15(19)10-17-7-6-16(2)9-14(17)18/h3-5,8H,6-7,9-11H2,1-2H3. The van der Waals surface area contributed by atoms with Crippen LogP contribution in [0.3, 0.4) is 0 Å². The quantitative estimate of drug-likeness (QED) is 0.764. The third kappa shape index (κ3) is 4.06. The van der Waals surface area contributed by atoms with Crippen LogP contribution < -0.4 is 0 Å². The summed E-state index contributed by atoms with van der Waals surface area (Å²) in [5.74, 6) is -0.379. The molecule has 2 rings (SSSR count). The first-order valence-electron chi connectivity index (χ1n) is 6.72. The van der Waals surface area contributed by atoms with Gasteiger partial charge in [-0.3, -0.25) is 14.5 Å². The monoisotopic (exact) mass is 276 g/mol. The van der Waals surface area contributed by atoms with Crippen molar-refractivity contribution in [3.05, 3.63) is 35.4 Å². The molecule has 0 saturated carbocycles. The van der Waals surface area contributed by atoms with Gasteiger partial charge in [0.25, 0.3) is 0 Å². The van der Waals surface area contributed by atoms with Gasteiger partial charge >= 0.3 is 5.97 Å². The van der Waals surface area contributed by atoms with Crippen molar-refractivity contribution >= 4 is 11.9 Å². The zero-order valence-electron chi connectivity index (χ0n) is 12.0. The summed E-state index contributed by atoms with van der Waals surface area (Å²) in [6.45, 7) is 4.02. The normalized spacial score (nSPS) is 16.3. The Morgan fingerprint density at radius 2 is 2.15 bits per heavy atom. The number of carbonyl (C=O) groups is 2. The fraction of sp³-hybridized carbons (Fsp3) is 0.467. The Morgan fingerprint density at radius 3 is 2.85 bits per heavy atom. The molecule has 20 heavy (non-hydrogen) atoms. The zero-order valence-corrected chi connectivity index (χ0v) is 12.0. The number of carbonyl (C=O) groups excluding carboxylic acids is 2. The molecule has 1 fully saturated rings. The molecule has 1 amide bonds. The molecule has 0 radical (unpaired) electrons. The highest BCUT2D eigenvalue weighted by Gasteiger charge is 2.23. The molecule has 1 saturated heterocycles. The summed E-state index contributed by atoms with van der Waals surface area (Å²) >= 11 is 0. The molecule has 0 spiro atoms. The summed E-state index contributed by atoms with van der Waals surface area (Å²) in [6.07, 6.45) is 0. The second-order valence-electron chi connectivity index (χ2n) is 5.20. The molecule has 1 heterocycles. The van der Waals surface area contributed by atoms with Gasteiger partial charge in [-0.05, 0) is 19.5 Å². The van der Waals surface area contributed by atoms with Crippen LogP contribution in [0.25, 0.3) is 0 Å². The minimum Gasteiger partial charge on any atom is -0.459 e. The Hall–Kier alpha value is -1.88. The first-order chi connectivity index (χ1) is 9.54. The van der Waals surface area contributed by atoms with Gasteiger partial charge in [0.1, 0.15) is 13.2 Å². The van der Waals surface area contributed by atoms with Crippen LogP contribution in [-0.2, 0) is 20.9 Å². The van der Waals surface area contributed by atoms with Crippen molar-refractivity contribution in [3.63, 3.8) is 0 Å². The lowest BCUT2D eigenvalue weighted by molar-refractivity contribution is -0.152. The van der Waals surface area contributed by atoms with Crippen LogP contribution in [0.5, 0.6) is 0 Å². The van der Waals surface area contributed by atoms with Crippen molar-refractivity contribution in [2.75, 3.05) is 33.2 Å². The van der Waals surface area contributed by atoms with E-state index >= 15 is 0 Å². The first-order valence-corrected chi connectivity index (χ1v) is 6.72. The lowest BCUT2D eigenvalue weighted by atomic mass is 10.1. The lowest BCUT2D eigenvalue weighted by Gasteiger charge is -2.31. The van der Waals surface area contributed by atoms with Crippen LogP contribution in [0.2, 0.25) is 0 Å². The summed E-state index contributed by atoms with van der Waals surface area (Å²) in [4.78, 5) is 27.0. The van der Waals surface area contributed by atoms with E-state index in [-0.39, 0.29) is 25.0 Å². The first kappa shape index (κ1) is 14.5. The van der Waals surface area contributed by atoms with Crippen molar-refractivity contribution < 1.29 is 14.3 Å². The fourth-order valence-electron chi connectivity index (χ4n) is 2.16. The number of hydrogen-bond acceptors (Lipinski definition) is 4. The minimum absolute atomic E-state index is 0.0220. The highest BCUT2D eigenvalue weighted by atomic mass is 16.5. The topological polar surface area (TPSA) is 49.9 Å². The van der Waals surface area contributed by atoms with Gasteiger partial charge in [-0.2, -0.15) is 0 Å². The van der Waals surface area contributed by atoms with Gasteiger partial charge in [0.2, 0.25) is 5.91 Å². The number of rotatable bonds is 4. The Kier molecular flexibility index (Phi) is 4.74. The lowest BCUT2D eigenvalue weighted by Crippen LogP contribution is -2.50. The Labute approximate surface area is 119 Å². The van der Waals surface area contributed by atoms with Crippen molar-refractivity contribution in [1.82, 2.24) is 9.80 Å². The average Bonchev–Trinajstić information content (AvgIpc) is 2.40. The molecule has 108 valence electrons. The van der Waals surface area contributed by atoms with Gasteiger partial charge in [0.05, 0.1) is 6.54 Å².